The fourth-order valence-corrected chi connectivity index (χ4v) is 3.65. The van der Waals surface area contributed by atoms with E-state index in [1.165, 1.54) is 0 Å². The van der Waals surface area contributed by atoms with Crippen molar-refractivity contribution in [3.63, 3.8) is 0 Å². The molecule has 0 radical (unpaired) electrons. The van der Waals surface area contributed by atoms with Crippen molar-refractivity contribution in [3.8, 4) is 0 Å². The summed E-state index contributed by atoms with van der Waals surface area (Å²) >= 11 is 0. The van der Waals surface area contributed by atoms with E-state index in [9.17, 15) is 9.18 Å². The van der Waals surface area contributed by atoms with Gasteiger partial charge in [0.1, 0.15) is 5.82 Å². The number of fused-ring (bicyclic) bond motifs is 1. The highest BCUT2D eigenvalue weighted by atomic mass is 19.1. The van der Waals surface area contributed by atoms with Gasteiger partial charge in [-0.3, -0.25) is 9.48 Å². The molecule has 0 saturated heterocycles. The van der Waals surface area contributed by atoms with Crippen molar-refractivity contribution >= 4 is 39.8 Å². The highest BCUT2D eigenvalue weighted by molar-refractivity contribution is 5.99. The van der Waals surface area contributed by atoms with E-state index in [0.29, 0.717) is 5.69 Å². The smallest absolute Gasteiger partial charge is 0.252 e. The zero-order valence-electron chi connectivity index (χ0n) is 18.3. The molecule has 2 aromatic heterocycles. The number of hydrogen-bond donors (Lipinski definition) is 4. The lowest BCUT2D eigenvalue weighted by molar-refractivity contribution is 0.100. The van der Waals surface area contributed by atoms with Crippen molar-refractivity contribution in [2.75, 3.05) is 10.6 Å². The molecule has 0 unspecified atom stereocenters. The van der Waals surface area contributed by atoms with E-state index in [2.05, 4.69) is 20.7 Å². The Morgan fingerprint density at radius 1 is 1.18 bits per heavy atom. The summed E-state index contributed by atoms with van der Waals surface area (Å²) in [5.74, 6) is -1.53. The molecule has 8 nitrogen and oxygen atoms in total. The molecule has 0 aliphatic rings. The van der Waals surface area contributed by atoms with E-state index in [-0.39, 0.29) is 22.9 Å². The largest absolute Gasteiger partial charge is 0.365 e. The predicted molar refractivity (Wildman–Crippen MR) is 128 cm³/mol. The Hall–Kier alpha value is -4.27. The van der Waals surface area contributed by atoms with Gasteiger partial charge >= 0.3 is 0 Å². The SMILES string of the molecule is CCn1ncc2cc(Nc3nc(N[C@@H](C(C)=N)c4ccccc4)c(F)cc3C(N)=O)ccc21. The maximum Gasteiger partial charge on any atom is 0.252 e. The fraction of sp³-hybridized carbons (Fsp3) is 0.167. The summed E-state index contributed by atoms with van der Waals surface area (Å²) in [5.41, 5.74) is 8.10. The second-order valence-electron chi connectivity index (χ2n) is 7.61. The molecule has 1 amide bonds. The van der Waals surface area contributed by atoms with Gasteiger partial charge in [-0.1, -0.05) is 30.3 Å². The lowest BCUT2D eigenvalue weighted by atomic mass is 10.0. The molecule has 0 fully saturated rings. The van der Waals surface area contributed by atoms with Crippen LogP contribution in [0.15, 0.2) is 60.8 Å². The van der Waals surface area contributed by atoms with Crippen LogP contribution in [0.4, 0.5) is 21.7 Å². The Labute approximate surface area is 190 Å². The number of carbonyl (C=O) groups excluding carboxylic acids is 1. The molecule has 0 aliphatic carbocycles. The minimum atomic E-state index is -0.807. The summed E-state index contributed by atoms with van der Waals surface area (Å²) in [5, 5.41) is 19.4. The lowest BCUT2D eigenvalue weighted by Gasteiger charge is -2.20. The third-order valence-electron chi connectivity index (χ3n) is 5.29. The average Bonchev–Trinajstić information content (AvgIpc) is 3.21. The van der Waals surface area contributed by atoms with E-state index < -0.39 is 17.8 Å². The molecule has 2 aromatic carbocycles. The van der Waals surface area contributed by atoms with Crippen LogP contribution in [0.25, 0.3) is 10.9 Å². The molecular formula is C24H24FN7O. The highest BCUT2D eigenvalue weighted by Gasteiger charge is 2.20. The summed E-state index contributed by atoms with van der Waals surface area (Å²) in [6, 6.07) is 15.3. The van der Waals surface area contributed by atoms with E-state index in [1.807, 2.05) is 60.1 Å². The van der Waals surface area contributed by atoms with Crippen molar-refractivity contribution in [3.05, 3.63) is 77.7 Å². The number of pyridine rings is 1. The Bertz CT molecular complexity index is 1330. The maximum atomic E-state index is 14.9. The van der Waals surface area contributed by atoms with Crippen molar-refractivity contribution in [2.24, 2.45) is 5.73 Å². The quantitative estimate of drug-likeness (QED) is 0.295. The number of hydrogen-bond acceptors (Lipinski definition) is 6. The van der Waals surface area contributed by atoms with Crippen molar-refractivity contribution in [1.82, 2.24) is 14.8 Å². The van der Waals surface area contributed by atoms with Gasteiger partial charge in [0.25, 0.3) is 5.91 Å². The van der Waals surface area contributed by atoms with Gasteiger partial charge in [0.05, 0.1) is 23.3 Å². The molecule has 0 aliphatic heterocycles. The molecule has 33 heavy (non-hydrogen) atoms. The lowest BCUT2D eigenvalue weighted by Crippen LogP contribution is -2.21. The second kappa shape index (κ2) is 9.07. The summed E-state index contributed by atoms with van der Waals surface area (Å²) in [7, 11) is 0. The molecule has 0 bridgehead atoms. The van der Waals surface area contributed by atoms with E-state index in [0.717, 1.165) is 29.1 Å². The third kappa shape index (κ3) is 4.52. The van der Waals surface area contributed by atoms with Crippen LogP contribution in [-0.2, 0) is 6.54 Å². The first kappa shape index (κ1) is 21.9. The number of rotatable bonds is 8. The zero-order valence-corrected chi connectivity index (χ0v) is 18.3. The number of nitrogens with zero attached hydrogens (tertiary/aromatic N) is 3. The van der Waals surface area contributed by atoms with Crippen LogP contribution >= 0.6 is 0 Å². The number of amides is 1. The van der Waals surface area contributed by atoms with Gasteiger partial charge in [0.15, 0.2) is 11.6 Å². The minimum Gasteiger partial charge on any atom is -0.365 e. The summed E-state index contributed by atoms with van der Waals surface area (Å²) < 4.78 is 16.7. The van der Waals surface area contributed by atoms with Gasteiger partial charge in [-0.25, -0.2) is 9.37 Å². The van der Waals surface area contributed by atoms with E-state index >= 15 is 0 Å². The summed E-state index contributed by atoms with van der Waals surface area (Å²) in [6.07, 6.45) is 1.75. The maximum absolute atomic E-state index is 14.9. The first-order valence-electron chi connectivity index (χ1n) is 10.5. The number of primary amides is 1. The van der Waals surface area contributed by atoms with Crippen LogP contribution in [0.2, 0.25) is 0 Å². The Morgan fingerprint density at radius 3 is 2.61 bits per heavy atom. The zero-order chi connectivity index (χ0) is 23.5. The molecule has 4 rings (SSSR count). The Morgan fingerprint density at radius 2 is 1.94 bits per heavy atom. The van der Waals surface area contributed by atoms with Crippen molar-refractivity contribution in [1.29, 1.82) is 5.41 Å². The summed E-state index contributed by atoms with van der Waals surface area (Å²) in [4.78, 5) is 16.3. The van der Waals surface area contributed by atoms with Gasteiger partial charge in [-0.2, -0.15) is 5.10 Å². The minimum absolute atomic E-state index is 0.0785. The fourth-order valence-electron chi connectivity index (χ4n) is 3.65. The van der Waals surface area contributed by atoms with Crippen LogP contribution < -0.4 is 16.4 Å². The second-order valence-corrected chi connectivity index (χ2v) is 7.61. The van der Waals surface area contributed by atoms with Crippen LogP contribution in [0, 0.1) is 11.2 Å². The van der Waals surface area contributed by atoms with E-state index in [1.54, 1.807) is 13.1 Å². The molecule has 9 heteroatoms. The number of aryl methyl sites for hydroxylation is 1. The number of anilines is 3. The van der Waals surface area contributed by atoms with Crippen LogP contribution in [-0.4, -0.2) is 26.4 Å². The number of aromatic nitrogens is 3. The first-order chi connectivity index (χ1) is 15.9. The standard InChI is InChI=1S/C24H24FN7O/c1-3-32-20-10-9-17(11-16(20)13-28-32)29-23-18(22(27)33)12-19(25)24(31-23)30-21(14(2)26)15-7-5-4-6-8-15/h4-13,21,26H,3H2,1-2H3,(H2,27,33)(H2,29,30,31)/t21-/m0/s1. The molecular weight excluding hydrogens is 421 g/mol. The Balaban J connectivity index is 1.71. The highest BCUT2D eigenvalue weighted by Crippen LogP contribution is 2.28. The van der Waals surface area contributed by atoms with Crippen LogP contribution in [0.5, 0.6) is 0 Å². The molecule has 2 heterocycles. The molecule has 5 N–H and O–H groups in total. The number of benzene rings is 2. The number of halogens is 1. The molecule has 0 saturated carbocycles. The van der Waals surface area contributed by atoms with Crippen LogP contribution in [0.3, 0.4) is 0 Å². The first-order valence-corrected chi connectivity index (χ1v) is 10.5. The topological polar surface area (TPSA) is 122 Å². The van der Waals surface area contributed by atoms with Gasteiger partial charge in [0, 0.05) is 23.3 Å². The van der Waals surface area contributed by atoms with Gasteiger partial charge in [-0.15, -0.1) is 0 Å². The number of nitrogens with one attached hydrogen (secondary N) is 3. The van der Waals surface area contributed by atoms with E-state index in [4.69, 9.17) is 11.1 Å². The summed E-state index contributed by atoms with van der Waals surface area (Å²) in [6.45, 7) is 4.38. The molecule has 1 atom stereocenters. The molecule has 168 valence electrons. The van der Waals surface area contributed by atoms with Crippen molar-refractivity contribution < 1.29 is 9.18 Å². The number of nitrogens with two attached hydrogens (primary N) is 1. The monoisotopic (exact) mass is 445 g/mol. The average molecular weight is 446 g/mol. The van der Waals surface area contributed by atoms with Crippen LogP contribution in [0.1, 0.15) is 35.8 Å². The van der Waals surface area contributed by atoms with Gasteiger partial charge in [-0.05, 0) is 43.7 Å². The Kier molecular flexibility index (Phi) is 6.03. The third-order valence-corrected chi connectivity index (χ3v) is 5.29. The number of carbonyl (C=O) groups is 1. The molecule has 0 spiro atoms. The normalized spacial score (nSPS) is 11.8. The predicted octanol–water partition coefficient (Wildman–Crippen LogP) is 4.63. The van der Waals surface area contributed by atoms with Crippen molar-refractivity contribution in [2.45, 2.75) is 26.4 Å². The van der Waals surface area contributed by atoms with Gasteiger partial charge < -0.3 is 21.8 Å². The molecule has 4 aromatic rings. The van der Waals surface area contributed by atoms with Gasteiger partial charge in [0.2, 0.25) is 0 Å².